The van der Waals surface area contributed by atoms with Gasteiger partial charge in [0.05, 0.1) is 18.2 Å². The number of sulfonamides is 1. The van der Waals surface area contributed by atoms with Crippen molar-refractivity contribution >= 4 is 22.0 Å². The molecule has 160 valence electrons. The number of carbonyl (C=O) groups is 2. The number of imide groups is 1. The normalized spacial score (nSPS) is 21.2. The largest absolute Gasteiger partial charge is 0.322 e. The summed E-state index contributed by atoms with van der Waals surface area (Å²) in [5.74, 6) is -1.12. The molecule has 2 aliphatic rings. The highest BCUT2D eigenvalue weighted by atomic mass is 32.2. The van der Waals surface area contributed by atoms with Crippen LogP contribution < -0.4 is 10.6 Å². The van der Waals surface area contributed by atoms with Crippen LogP contribution in [0.2, 0.25) is 0 Å². The molecule has 4 rings (SSSR count). The lowest BCUT2D eigenvalue weighted by molar-refractivity contribution is -0.122. The summed E-state index contributed by atoms with van der Waals surface area (Å²) < 4.78 is 27.3. The van der Waals surface area contributed by atoms with E-state index < -0.39 is 33.3 Å². The number of amides is 3. The quantitative estimate of drug-likeness (QED) is 0.689. The Morgan fingerprint density at radius 3 is 2.45 bits per heavy atom. The van der Waals surface area contributed by atoms with Gasteiger partial charge < -0.3 is 5.32 Å². The van der Waals surface area contributed by atoms with Crippen LogP contribution in [0.25, 0.3) is 11.1 Å². The zero-order valence-corrected chi connectivity index (χ0v) is 17.8. The number of carbonyl (C=O) groups excluding carboxylic acids is 2. The van der Waals surface area contributed by atoms with Gasteiger partial charge in [-0.2, -0.15) is 9.57 Å². The van der Waals surface area contributed by atoms with Crippen LogP contribution in [-0.4, -0.2) is 42.5 Å². The maximum Gasteiger partial charge on any atom is 0.322 e. The molecule has 0 saturated carbocycles. The standard InChI is InChI=1S/C22H22N4O4S/c1-22(20(27)24-21(28)25-22)14-31(29,30)26-11-9-18-12-17(6-7-19(18)13-26)16-4-2-15(3-5-16)8-10-23/h2-7,12H,8-9,11,13-14H2,1H3,(H2,24,25,27,28)/t22-/m0/s1. The molecule has 0 spiro atoms. The molecular weight excluding hydrogens is 416 g/mol. The molecule has 1 atom stereocenters. The van der Waals surface area contributed by atoms with Crippen molar-refractivity contribution in [2.45, 2.75) is 31.8 Å². The molecule has 3 amide bonds. The first-order valence-electron chi connectivity index (χ1n) is 9.90. The Bertz CT molecular complexity index is 1200. The zero-order chi connectivity index (χ0) is 22.2. The average molecular weight is 439 g/mol. The minimum atomic E-state index is -3.77. The van der Waals surface area contributed by atoms with Gasteiger partial charge in [0.15, 0.2) is 0 Å². The van der Waals surface area contributed by atoms with E-state index in [9.17, 15) is 18.0 Å². The highest BCUT2D eigenvalue weighted by molar-refractivity contribution is 7.89. The monoisotopic (exact) mass is 438 g/mol. The Hall–Kier alpha value is -3.22. The van der Waals surface area contributed by atoms with Gasteiger partial charge in [-0.15, -0.1) is 0 Å². The van der Waals surface area contributed by atoms with Crippen molar-refractivity contribution in [3.63, 3.8) is 0 Å². The number of hydrogen-bond acceptors (Lipinski definition) is 5. The van der Waals surface area contributed by atoms with E-state index in [-0.39, 0.29) is 6.54 Å². The smallest absolute Gasteiger partial charge is 0.322 e. The van der Waals surface area contributed by atoms with Gasteiger partial charge in [0, 0.05) is 13.1 Å². The fourth-order valence-electron chi connectivity index (χ4n) is 3.99. The third-order valence-corrected chi connectivity index (χ3v) is 7.78. The molecule has 1 saturated heterocycles. The summed E-state index contributed by atoms with van der Waals surface area (Å²) in [7, 11) is -3.77. The third kappa shape index (κ3) is 4.17. The van der Waals surface area contributed by atoms with E-state index in [1.54, 1.807) is 0 Å². The Balaban J connectivity index is 1.51. The lowest BCUT2D eigenvalue weighted by Crippen LogP contribution is -2.53. The first-order chi connectivity index (χ1) is 14.7. The van der Waals surface area contributed by atoms with Crippen molar-refractivity contribution in [1.29, 1.82) is 5.26 Å². The minimum absolute atomic E-state index is 0.227. The molecule has 2 heterocycles. The van der Waals surface area contributed by atoms with E-state index in [1.807, 2.05) is 36.4 Å². The van der Waals surface area contributed by atoms with Crippen LogP contribution in [0.3, 0.4) is 0 Å². The van der Waals surface area contributed by atoms with Gasteiger partial charge in [0.2, 0.25) is 10.0 Å². The Morgan fingerprint density at radius 1 is 1.10 bits per heavy atom. The molecular formula is C22H22N4O4S. The van der Waals surface area contributed by atoms with Crippen LogP contribution in [0.5, 0.6) is 0 Å². The number of rotatable bonds is 5. The number of nitrogens with one attached hydrogen (secondary N) is 2. The van der Waals surface area contributed by atoms with E-state index in [0.717, 1.165) is 27.8 Å². The molecule has 2 aromatic carbocycles. The molecule has 1 fully saturated rings. The van der Waals surface area contributed by atoms with Crippen molar-refractivity contribution in [1.82, 2.24) is 14.9 Å². The van der Waals surface area contributed by atoms with E-state index in [2.05, 4.69) is 22.8 Å². The molecule has 31 heavy (non-hydrogen) atoms. The summed E-state index contributed by atoms with van der Waals surface area (Å²) in [6, 6.07) is 15.3. The number of fused-ring (bicyclic) bond motifs is 1. The summed E-state index contributed by atoms with van der Waals surface area (Å²) in [5, 5.41) is 13.3. The van der Waals surface area contributed by atoms with E-state index in [0.29, 0.717) is 19.4 Å². The van der Waals surface area contributed by atoms with Gasteiger partial charge >= 0.3 is 6.03 Å². The van der Waals surface area contributed by atoms with Crippen LogP contribution in [0.4, 0.5) is 4.79 Å². The minimum Gasteiger partial charge on any atom is -0.322 e. The van der Waals surface area contributed by atoms with Gasteiger partial charge in [-0.05, 0) is 41.2 Å². The molecule has 2 aliphatic heterocycles. The number of hydrogen-bond donors (Lipinski definition) is 2. The molecule has 0 bridgehead atoms. The van der Waals surface area contributed by atoms with Gasteiger partial charge in [-0.3, -0.25) is 10.1 Å². The molecule has 9 heteroatoms. The van der Waals surface area contributed by atoms with Crippen molar-refractivity contribution in [3.8, 4) is 17.2 Å². The molecule has 2 aromatic rings. The molecule has 0 radical (unpaired) electrons. The number of nitrogens with zero attached hydrogens (tertiary/aromatic N) is 2. The van der Waals surface area contributed by atoms with Crippen LogP contribution >= 0.6 is 0 Å². The maximum absolute atomic E-state index is 13.0. The highest BCUT2D eigenvalue weighted by Crippen LogP contribution is 2.28. The van der Waals surface area contributed by atoms with Crippen LogP contribution in [0.1, 0.15) is 23.6 Å². The summed E-state index contributed by atoms with van der Waals surface area (Å²) in [6.07, 6.45) is 0.934. The molecule has 0 unspecified atom stereocenters. The third-order valence-electron chi connectivity index (χ3n) is 5.74. The van der Waals surface area contributed by atoms with Gasteiger partial charge in [0.1, 0.15) is 5.54 Å². The highest BCUT2D eigenvalue weighted by Gasteiger charge is 2.46. The van der Waals surface area contributed by atoms with E-state index in [1.165, 1.54) is 11.2 Å². The topological polar surface area (TPSA) is 119 Å². The molecule has 0 aliphatic carbocycles. The van der Waals surface area contributed by atoms with E-state index in [4.69, 9.17) is 5.26 Å². The SMILES string of the molecule is C[C@@]1(CS(=O)(=O)N2CCc3cc(-c4ccc(CC#N)cc4)ccc3C2)NC(=O)NC1=O. The number of urea groups is 1. The van der Waals surface area contributed by atoms with Crippen molar-refractivity contribution < 1.29 is 18.0 Å². The number of benzene rings is 2. The second kappa shape index (κ2) is 7.80. The number of nitriles is 1. The molecule has 0 aromatic heterocycles. The lowest BCUT2D eigenvalue weighted by atomic mass is 9.95. The van der Waals surface area contributed by atoms with Crippen LogP contribution in [-0.2, 0) is 34.2 Å². The summed E-state index contributed by atoms with van der Waals surface area (Å²) >= 11 is 0. The van der Waals surface area contributed by atoms with Crippen LogP contribution in [0.15, 0.2) is 42.5 Å². The van der Waals surface area contributed by atoms with Crippen molar-refractivity contribution in [3.05, 3.63) is 59.2 Å². The lowest BCUT2D eigenvalue weighted by Gasteiger charge is -2.31. The first kappa shape index (κ1) is 21.0. The predicted octanol–water partition coefficient (Wildman–Crippen LogP) is 1.71. The van der Waals surface area contributed by atoms with Crippen molar-refractivity contribution in [2.75, 3.05) is 12.3 Å². The zero-order valence-electron chi connectivity index (χ0n) is 17.0. The summed E-state index contributed by atoms with van der Waals surface area (Å²) in [6.45, 7) is 1.95. The summed E-state index contributed by atoms with van der Waals surface area (Å²) in [5.41, 5.74) is 3.57. The Labute approximate surface area is 180 Å². The second-order valence-electron chi connectivity index (χ2n) is 8.10. The van der Waals surface area contributed by atoms with Crippen LogP contribution in [0, 0.1) is 11.3 Å². The molecule has 8 nitrogen and oxygen atoms in total. The second-order valence-corrected chi connectivity index (χ2v) is 10.1. The van der Waals surface area contributed by atoms with E-state index >= 15 is 0 Å². The van der Waals surface area contributed by atoms with Gasteiger partial charge in [-0.1, -0.05) is 42.5 Å². The first-order valence-corrected chi connectivity index (χ1v) is 11.5. The average Bonchev–Trinajstić information content (AvgIpc) is 2.98. The van der Waals surface area contributed by atoms with Gasteiger partial charge in [0.25, 0.3) is 5.91 Å². The predicted molar refractivity (Wildman–Crippen MR) is 114 cm³/mol. The Morgan fingerprint density at radius 2 is 1.81 bits per heavy atom. The maximum atomic E-state index is 13.0. The molecule has 2 N–H and O–H groups in total. The Kier molecular flexibility index (Phi) is 5.29. The van der Waals surface area contributed by atoms with Gasteiger partial charge in [-0.25, -0.2) is 13.2 Å². The van der Waals surface area contributed by atoms with Crippen molar-refractivity contribution in [2.24, 2.45) is 0 Å². The fraction of sp³-hybridized carbons (Fsp3) is 0.318. The summed E-state index contributed by atoms with van der Waals surface area (Å²) in [4.78, 5) is 23.4. The fourth-order valence-corrected chi connectivity index (χ4v) is 5.81.